The smallest absolute Gasteiger partial charge is 0.262 e. The van der Waals surface area contributed by atoms with Crippen molar-refractivity contribution in [1.82, 2.24) is 14.9 Å². The fourth-order valence-electron chi connectivity index (χ4n) is 4.39. The largest absolute Gasteiger partial charge is 0.496 e. The molecule has 3 aromatic carbocycles. The number of carbonyl (C=O) groups excluding carboxylic acids is 2. The lowest BCUT2D eigenvalue weighted by atomic mass is 10.1. The highest BCUT2D eigenvalue weighted by Crippen LogP contribution is 2.29. The van der Waals surface area contributed by atoms with Gasteiger partial charge in [0.25, 0.3) is 5.56 Å². The summed E-state index contributed by atoms with van der Waals surface area (Å²) in [5.74, 6) is 2.13. The van der Waals surface area contributed by atoms with Crippen LogP contribution in [-0.2, 0) is 23.5 Å². The molecule has 0 atom stereocenters. The number of rotatable bonds is 13. The lowest BCUT2D eigenvalue weighted by molar-refractivity contribution is -0.121. The van der Waals surface area contributed by atoms with E-state index < -0.39 is 0 Å². The Morgan fingerprint density at radius 3 is 2.39 bits per heavy atom. The molecule has 0 saturated carbocycles. The summed E-state index contributed by atoms with van der Waals surface area (Å²) >= 11 is 1.36. The van der Waals surface area contributed by atoms with Gasteiger partial charge in [0, 0.05) is 36.4 Å². The van der Waals surface area contributed by atoms with Crippen LogP contribution in [0.2, 0.25) is 0 Å². The number of nitrogens with zero attached hydrogens (tertiary/aromatic N) is 2. The molecule has 9 nitrogen and oxygen atoms in total. The molecule has 1 heterocycles. The quantitative estimate of drug-likeness (QED) is 0.139. The summed E-state index contributed by atoms with van der Waals surface area (Å²) in [6.45, 7) is 2.12. The molecule has 0 aliphatic carbocycles. The molecule has 214 valence electrons. The Labute approximate surface area is 242 Å². The van der Waals surface area contributed by atoms with Crippen LogP contribution in [0.25, 0.3) is 10.9 Å². The van der Waals surface area contributed by atoms with Crippen LogP contribution < -0.4 is 25.1 Å². The number of benzene rings is 3. The summed E-state index contributed by atoms with van der Waals surface area (Å²) in [7, 11) is 4.74. The normalized spacial score (nSPS) is 10.8. The summed E-state index contributed by atoms with van der Waals surface area (Å²) in [6, 6.07) is 18.1. The van der Waals surface area contributed by atoms with Crippen molar-refractivity contribution in [2.75, 3.05) is 27.9 Å². The molecule has 0 saturated heterocycles. The lowest BCUT2D eigenvalue weighted by Gasteiger charge is -2.14. The van der Waals surface area contributed by atoms with Crippen molar-refractivity contribution < 1.29 is 23.8 Å². The zero-order valence-corrected chi connectivity index (χ0v) is 24.4. The zero-order valence-electron chi connectivity index (χ0n) is 23.6. The summed E-state index contributed by atoms with van der Waals surface area (Å²) < 4.78 is 17.7. The number of hydrogen-bond acceptors (Lipinski definition) is 8. The highest BCUT2D eigenvalue weighted by atomic mass is 32.2. The Morgan fingerprint density at radius 2 is 1.66 bits per heavy atom. The number of thioether (sulfide) groups is 1. The first kappa shape index (κ1) is 29.7. The van der Waals surface area contributed by atoms with Crippen LogP contribution in [0.1, 0.15) is 34.8 Å². The predicted octanol–water partition coefficient (Wildman–Crippen LogP) is 4.67. The van der Waals surface area contributed by atoms with Crippen molar-refractivity contribution in [3.05, 3.63) is 87.7 Å². The monoisotopic (exact) mass is 575 g/mol. The second-order valence-corrected chi connectivity index (χ2v) is 10.2. The van der Waals surface area contributed by atoms with Crippen molar-refractivity contribution in [3.8, 4) is 17.2 Å². The molecule has 1 amide bonds. The van der Waals surface area contributed by atoms with Crippen LogP contribution in [0.15, 0.2) is 70.6 Å². The van der Waals surface area contributed by atoms with Gasteiger partial charge < -0.3 is 19.5 Å². The molecule has 0 unspecified atom stereocenters. The van der Waals surface area contributed by atoms with Crippen molar-refractivity contribution in [2.45, 2.75) is 37.2 Å². The first-order valence-corrected chi connectivity index (χ1v) is 14.1. The highest BCUT2D eigenvalue weighted by Gasteiger charge is 2.15. The molecule has 0 fully saturated rings. The number of nitrogens with one attached hydrogen (secondary N) is 1. The van der Waals surface area contributed by atoms with E-state index in [1.165, 1.54) is 18.7 Å². The van der Waals surface area contributed by atoms with E-state index in [9.17, 15) is 14.4 Å². The van der Waals surface area contributed by atoms with Crippen LogP contribution in [0.5, 0.6) is 17.2 Å². The second-order valence-electron chi connectivity index (χ2n) is 9.28. The molecule has 1 N–H and O–H groups in total. The van der Waals surface area contributed by atoms with Crippen LogP contribution in [-0.4, -0.2) is 49.1 Å². The van der Waals surface area contributed by atoms with Crippen LogP contribution in [0.3, 0.4) is 0 Å². The number of ketones is 1. The van der Waals surface area contributed by atoms with Crippen molar-refractivity contribution >= 4 is 34.4 Å². The number of para-hydroxylation sites is 1. The maximum Gasteiger partial charge on any atom is 0.262 e. The van der Waals surface area contributed by atoms with Gasteiger partial charge in [-0.05, 0) is 61.4 Å². The molecule has 0 spiro atoms. The third-order valence-electron chi connectivity index (χ3n) is 6.62. The number of methoxy groups -OCH3 is 3. The number of hydrogen-bond donors (Lipinski definition) is 1. The van der Waals surface area contributed by atoms with Gasteiger partial charge in [0.1, 0.15) is 5.75 Å². The predicted molar refractivity (Wildman–Crippen MR) is 159 cm³/mol. The second kappa shape index (κ2) is 13.8. The molecule has 41 heavy (non-hydrogen) atoms. The first-order valence-electron chi connectivity index (χ1n) is 13.1. The molecule has 0 bridgehead atoms. The SMILES string of the molecule is COc1ccc(C(C)=O)cc1CSc1nc2ccccc2c(=O)n1CCC(=O)NCCc1ccc(OC)c(OC)c1. The molecule has 10 heteroatoms. The van der Waals surface area contributed by atoms with Gasteiger partial charge in [-0.2, -0.15) is 0 Å². The van der Waals surface area contributed by atoms with Gasteiger partial charge in [-0.25, -0.2) is 4.98 Å². The number of amides is 1. The summed E-state index contributed by atoms with van der Waals surface area (Å²) in [5, 5.41) is 3.91. The zero-order chi connectivity index (χ0) is 29.4. The van der Waals surface area contributed by atoms with Gasteiger partial charge in [0.15, 0.2) is 22.4 Å². The summed E-state index contributed by atoms with van der Waals surface area (Å²) in [5.41, 5.74) is 2.77. The maximum atomic E-state index is 13.4. The molecule has 1 aromatic heterocycles. The number of fused-ring (bicyclic) bond motifs is 1. The minimum atomic E-state index is -0.208. The number of ether oxygens (including phenoxy) is 3. The molecule has 0 radical (unpaired) electrons. The van der Waals surface area contributed by atoms with E-state index in [2.05, 4.69) is 5.32 Å². The Hall–Kier alpha value is -4.31. The first-order chi connectivity index (χ1) is 19.8. The third kappa shape index (κ3) is 7.26. The summed E-state index contributed by atoms with van der Waals surface area (Å²) in [4.78, 5) is 42.8. The minimum absolute atomic E-state index is 0.0446. The van der Waals surface area contributed by atoms with Crippen molar-refractivity contribution in [3.63, 3.8) is 0 Å². The number of Topliss-reactive ketones (excluding diaryl/α,β-unsaturated/α-hetero) is 1. The van der Waals surface area contributed by atoms with Gasteiger partial charge in [-0.1, -0.05) is 30.0 Å². The Morgan fingerprint density at radius 1 is 0.927 bits per heavy atom. The Bertz CT molecular complexity index is 1620. The van der Waals surface area contributed by atoms with Gasteiger partial charge in [-0.3, -0.25) is 19.0 Å². The highest BCUT2D eigenvalue weighted by molar-refractivity contribution is 7.98. The molecule has 0 aliphatic rings. The van der Waals surface area contributed by atoms with Gasteiger partial charge in [0.05, 0.1) is 32.2 Å². The lowest BCUT2D eigenvalue weighted by Crippen LogP contribution is -2.30. The van der Waals surface area contributed by atoms with Gasteiger partial charge in [0.2, 0.25) is 5.91 Å². The minimum Gasteiger partial charge on any atom is -0.496 e. The van der Waals surface area contributed by atoms with E-state index in [1.54, 1.807) is 62.3 Å². The van der Waals surface area contributed by atoms with E-state index in [1.807, 2.05) is 24.3 Å². The van der Waals surface area contributed by atoms with E-state index in [-0.39, 0.29) is 30.2 Å². The average Bonchev–Trinajstić information content (AvgIpc) is 2.99. The van der Waals surface area contributed by atoms with Crippen LogP contribution >= 0.6 is 11.8 Å². The van der Waals surface area contributed by atoms with E-state index in [0.29, 0.717) is 57.6 Å². The van der Waals surface area contributed by atoms with E-state index >= 15 is 0 Å². The fraction of sp³-hybridized carbons (Fsp3) is 0.290. The van der Waals surface area contributed by atoms with Gasteiger partial charge in [-0.15, -0.1) is 0 Å². The van der Waals surface area contributed by atoms with Gasteiger partial charge >= 0.3 is 0 Å². The average molecular weight is 576 g/mol. The topological polar surface area (TPSA) is 109 Å². The third-order valence-corrected chi connectivity index (χ3v) is 7.64. The summed E-state index contributed by atoms with van der Waals surface area (Å²) in [6.07, 6.45) is 0.731. The molecular weight excluding hydrogens is 542 g/mol. The van der Waals surface area contributed by atoms with Crippen molar-refractivity contribution in [2.24, 2.45) is 0 Å². The maximum absolute atomic E-state index is 13.4. The number of aromatic nitrogens is 2. The number of carbonyl (C=O) groups is 2. The van der Waals surface area contributed by atoms with Crippen LogP contribution in [0.4, 0.5) is 0 Å². The molecule has 4 aromatic rings. The molecular formula is C31H33N3O6S. The fourth-order valence-corrected chi connectivity index (χ4v) is 5.39. The van der Waals surface area contributed by atoms with Crippen LogP contribution in [0, 0.1) is 0 Å². The standard InChI is InChI=1S/C31H33N3O6S/c1-20(35)22-10-12-26(38-2)23(18-22)19-41-31-33-25-8-6-5-7-24(25)30(37)34(31)16-14-29(36)32-15-13-21-9-11-27(39-3)28(17-21)40-4/h5-12,17-18H,13-16,19H2,1-4H3,(H,32,36). The molecule has 0 aliphatic heterocycles. The Balaban J connectivity index is 1.47. The Kier molecular flexibility index (Phi) is 10.0. The molecule has 4 rings (SSSR count). The van der Waals surface area contributed by atoms with E-state index in [0.717, 1.165) is 11.1 Å². The van der Waals surface area contributed by atoms with Crippen molar-refractivity contribution in [1.29, 1.82) is 0 Å². The van der Waals surface area contributed by atoms with E-state index in [4.69, 9.17) is 19.2 Å².